The number of fused-ring (bicyclic) bond motifs is 1. The highest BCUT2D eigenvalue weighted by Gasteiger charge is 2.30. The number of carbonyl (C=O) groups excluding carboxylic acids is 1. The standard InChI is InChI=1S/C19H20N4O3S/c1-14(24)15-4-6-17(7-5-15)27(25,26)22-11-8-16(9-12-22)23-13-21-18-3-2-10-20-19(18)23/h2-7,10,13,16H,8-9,11-12H2,1H3. The van der Waals surface area contributed by atoms with Gasteiger partial charge in [-0.15, -0.1) is 0 Å². The maximum atomic E-state index is 12.9. The molecule has 0 bridgehead atoms. The van der Waals surface area contributed by atoms with Gasteiger partial charge in [-0.25, -0.2) is 18.4 Å². The van der Waals surface area contributed by atoms with E-state index in [-0.39, 0.29) is 16.7 Å². The molecule has 0 N–H and O–H groups in total. The van der Waals surface area contributed by atoms with Crippen LogP contribution < -0.4 is 0 Å². The molecule has 0 radical (unpaired) electrons. The summed E-state index contributed by atoms with van der Waals surface area (Å²) in [6.07, 6.45) is 4.93. The van der Waals surface area contributed by atoms with Gasteiger partial charge in [0, 0.05) is 30.9 Å². The minimum Gasteiger partial charge on any atom is -0.312 e. The van der Waals surface area contributed by atoms with Gasteiger partial charge >= 0.3 is 0 Å². The number of nitrogens with zero attached hydrogens (tertiary/aromatic N) is 4. The fraction of sp³-hybridized carbons (Fsp3) is 0.316. The van der Waals surface area contributed by atoms with Crippen molar-refractivity contribution in [2.24, 2.45) is 0 Å². The van der Waals surface area contributed by atoms with Crippen molar-refractivity contribution < 1.29 is 13.2 Å². The van der Waals surface area contributed by atoms with E-state index in [1.54, 1.807) is 24.7 Å². The molecule has 1 saturated heterocycles. The summed E-state index contributed by atoms with van der Waals surface area (Å²) < 4.78 is 29.3. The number of ketones is 1. The van der Waals surface area contributed by atoms with Gasteiger partial charge in [-0.05, 0) is 44.0 Å². The Balaban J connectivity index is 1.50. The second-order valence-electron chi connectivity index (χ2n) is 6.71. The van der Waals surface area contributed by atoms with E-state index in [0.29, 0.717) is 31.5 Å². The molecule has 3 heterocycles. The van der Waals surface area contributed by atoms with Crippen LogP contribution in [0.1, 0.15) is 36.2 Å². The molecule has 1 fully saturated rings. The van der Waals surface area contributed by atoms with Crippen LogP contribution >= 0.6 is 0 Å². The number of imidazole rings is 1. The monoisotopic (exact) mass is 384 g/mol. The van der Waals surface area contributed by atoms with Gasteiger partial charge in [0.1, 0.15) is 5.52 Å². The van der Waals surface area contributed by atoms with Gasteiger partial charge in [-0.1, -0.05) is 12.1 Å². The third-order valence-corrected chi connectivity index (χ3v) is 6.96. The van der Waals surface area contributed by atoms with Crippen molar-refractivity contribution in [1.29, 1.82) is 0 Å². The first kappa shape index (κ1) is 17.8. The van der Waals surface area contributed by atoms with Crippen molar-refractivity contribution in [2.75, 3.05) is 13.1 Å². The zero-order valence-corrected chi connectivity index (χ0v) is 15.8. The van der Waals surface area contributed by atoms with Crippen LogP contribution in [0.3, 0.4) is 0 Å². The number of pyridine rings is 1. The quantitative estimate of drug-likeness (QED) is 0.646. The van der Waals surface area contributed by atoms with Crippen LogP contribution in [-0.2, 0) is 10.0 Å². The fourth-order valence-electron chi connectivity index (χ4n) is 3.51. The zero-order chi connectivity index (χ0) is 19.0. The van der Waals surface area contributed by atoms with E-state index >= 15 is 0 Å². The zero-order valence-electron chi connectivity index (χ0n) is 14.9. The van der Waals surface area contributed by atoms with Gasteiger partial charge < -0.3 is 4.57 Å². The Morgan fingerprint density at radius 1 is 1.07 bits per heavy atom. The molecule has 0 spiro atoms. The van der Waals surface area contributed by atoms with E-state index in [0.717, 1.165) is 11.2 Å². The lowest BCUT2D eigenvalue weighted by molar-refractivity contribution is 0.101. The molecule has 0 atom stereocenters. The highest BCUT2D eigenvalue weighted by atomic mass is 32.2. The molecule has 0 unspecified atom stereocenters. The Morgan fingerprint density at radius 2 is 1.78 bits per heavy atom. The number of hydrogen-bond donors (Lipinski definition) is 0. The van der Waals surface area contributed by atoms with Crippen LogP contribution in [0.15, 0.2) is 53.8 Å². The normalized spacial score (nSPS) is 16.6. The molecule has 140 valence electrons. The Bertz CT molecular complexity index is 1080. The summed E-state index contributed by atoms with van der Waals surface area (Å²) in [5.74, 6) is -0.0825. The summed E-state index contributed by atoms with van der Waals surface area (Å²) in [6, 6.07) is 10.1. The van der Waals surface area contributed by atoms with Gasteiger partial charge in [-0.2, -0.15) is 4.31 Å². The smallest absolute Gasteiger partial charge is 0.243 e. The summed E-state index contributed by atoms with van der Waals surface area (Å²) >= 11 is 0. The highest BCUT2D eigenvalue weighted by molar-refractivity contribution is 7.89. The van der Waals surface area contributed by atoms with Crippen molar-refractivity contribution in [3.63, 3.8) is 0 Å². The van der Waals surface area contributed by atoms with Crippen LogP contribution in [0.4, 0.5) is 0 Å². The van der Waals surface area contributed by atoms with Crippen molar-refractivity contribution in [3.05, 3.63) is 54.5 Å². The lowest BCUT2D eigenvalue weighted by atomic mass is 10.1. The summed E-state index contributed by atoms with van der Waals surface area (Å²) in [5.41, 5.74) is 2.18. The van der Waals surface area contributed by atoms with E-state index in [1.807, 2.05) is 16.7 Å². The first-order chi connectivity index (χ1) is 13.0. The van der Waals surface area contributed by atoms with Gasteiger partial charge in [-0.3, -0.25) is 4.79 Å². The number of aromatic nitrogens is 3. The number of carbonyl (C=O) groups is 1. The topological polar surface area (TPSA) is 85.2 Å². The third-order valence-electron chi connectivity index (χ3n) is 5.05. The molecule has 27 heavy (non-hydrogen) atoms. The maximum Gasteiger partial charge on any atom is 0.243 e. The van der Waals surface area contributed by atoms with Crippen molar-refractivity contribution >= 4 is 27.0 Å². The molecule has 1 aliphatic rings. The van der Waals surface area contributed by atoms with Crippen LogP contribution in [0.2, 0.25) is 0 Å². The van der Waals surface area contributed by atoms with Crippen LogP contribution in [0.25, 0.3) is 11.2 Å². The predicted octanol–water partition coefficient (Wildman–Crippen LogP) is 2.66. The average molecular weight is 384 g/mol. The third kappa shape index (κ3) is 3.26. The Hall–Kier alpha value is -2.58. The van der Waals surface area contributed by atoms with Crippen molar-refractivity contribution in [1.82, 2.24) is 18.8 Å². The van der Waals surface area contributed by atoms with Crippen molar-refractivity contribution in [2.45, 2.75) is 30.7 Å². The largest absolute Gasteiger partial charge is 0.312 e. The number of piperidine rings is 1. The highest BCUT2D eigenvalue weighted by Crippen LogP contribution is 2.28. The summed E-state index contributed by atoms with van der Waals surface area (Å²) in [7, 11) is -3.56. The van der Waals surface area contributed by atoms with E-state index in [2.05, 4.69) is 9.97 Å². The van der Waals surface area contributed by atoms with Gasteiger partial charge in [0.05, 0.1) is 11.2 Å². The van der Waals surface area contributed by atoms with Crippen LogP contribution in [0.5, 0.6) is 0 Å². The number of hydrogen-bond acceptors (Lipinski definition) is 5. The van der Waals surface area contributed by atoms with E-state index < -0.39 is 10.0 Å². The lowest BCUT2D eigenvalue weighted by Gasteiger charge is -2.31. The van der Waals surface area contributed by atoms with E-state index in [4.69, 9.17) is 0 Å². The Kier molecular flexibility index (Phi) is 4.53. The van der Waals surface area contributed by atoms with E-state index in [9.17, 15) is 13.2 Å². The molecule has 8 heteroatoms. The van der Waals surface area contributed by atoms with Crippen LogP contribution in [0, 0.1) is 0 Å². The number of Topliss-reactive ketones (excluding diaryl/α,β-unsaturated/α-hetero) is 1. The molecule has 4 rings (SSSR count). The average Bonchev–Trinajstić information content (AvgIpc) is 3.12. The van der Waals surface area contributed by atoms with Gasteiger partial charge in [0.15, 0.2) is 11.4 Å². The molecule has 1 aliphatic heterocycles. The minimum absolute atomic E-state index is 0.0825. The molecule has 7 nitrogen and oxygen atoms in total. The van der Waals surface area contributed by atoms with E-state index in [1.165, 1.54) is 23.4 Å². The van der Waals surface area contributed by atoms with Crippen molar-refractivity contribution in [3.8, 4) is 0 Å². The minimum atomic E-state index is -3.56. The van der Waals surface area contributed by atoms with Gasteiger partial charge in [0.25, 0.3) is 0 Å². The molecule has 1 aromatic carbocycles. The molecular weight excluding hydrogens is 364 g/mol. The summed E-state index contributed by atoms with van der Waals surface area (Å²) in [6.45, 7) is 2.34. The molecule has 0 saturated carbocycles. The summed E-state index contributed by atoms with van der Waals surface area (Å²) in [5, 5.41) is 0. The molecular formula is C19H20N4O3S. The molecule has 3 aromatic rings. The lowest BCUT2D eigenvalue weighted by Crippen LogP contribution is -2.39. The predicted molar refractivity (Wildman–Crippen MR) is 101 cm³/mol. The van der Waals surface area contributed by atoms with Gasteiger partial charge in [0.2, 0.25) is 10.0 Å². The van der Waals surface area contributed by atoms with Crippen LogP contribution in [-0.4, -0.2) is 46.1 Å². The summed E-state index contributed by atoms with van der Waals surface area (Å²) in [4.78, 5) is 20.4. The Labute approximate surface area is 157 Å². The first-order valence-electron chi connectivity index (χ1n) is 8.85. The Morgan fingerprint density at radius 3 is 2.44 bits per heavy atom. The first-order valence-corrected chi connectivity index (χ1v) is 10.3. The maximum absolute atomic E-state index is 12.9. The molecule has 0 amide bonds. The second-order valence-corrected chi connectivity index (χ2v) is 8.65. The number of sulfonamides is 1. The molecule has 0 aliphatic carbocycles. The molecule has 2 aromatic heterocycles. The SMILES string of the molecule is CC(=O)c1ccc(S(=O)(=O)N2CCC(n3cnc4cccnc43)CC2)cc1. The fourth-order valence-corrected chi connectivity index (χ4v) is 4.98. The second kappa shape index (κ2) is 6.86. The number of benzene rings is 1. The number of rotatable bonds is 4.